The highest BCUT2D eigenvalue weighted by molar-refractivity contribution is 8.26. The lowest BCUT2D eigenvalue weighted by Crippen LogP contribution is -2.29. The second kappa shape index (κ2) is 7.89. The number of hydrogen-bond donors (Lipinski definition) is 1. The third-order valence-electron chi connectivity index (χ3n) is 3.18. The number of thiocarbonyl (C=S) groups is 1. The molecule has 1 aliphatic heterocycles. The van der Waals surface area contributed by atoms with Crippen LogP contribution in [-0.2, 0) is 9.59 Å². The highest BCUT2D eigenvalue weighted by Crippen LogP contribution is 2.33. The minimum Gasteiger partial charge on any atom is -0.481 e. The summed E-state index contributed by atoms with van der Waals surface area (Å²) in [6, 6.07) is 4.03. The number of thioether (sulfide) groups is 1. The highest BCUT2D eigenvalue weighted by atomic mass is 32.2. The summed E-state index contributed by atoms with van der Waals surface area (Å²) in [5, 5.41) is 8.59. The number of nitrogens with zero attached hydrogens (tertiary/aromatic N) is 1. The van der Waals surface area contributed by atoms with Crippen molar-refractivity contribution in [2.45, 2.75) is 32.6 Å². The summed E-state index contributed by atoms with van der Waals surface area (Å²) < 4.78 is 0.586. The van der Waals surface area contributed by atoms with Gasteiger partial charge in [-0.05, 0) is 38.0 Å². The van der Waals surface area contributed by atoms with Gasteiger partial charge >= 0.3 is 5.97 Å². The highest BCUT2D eigenvalue weighted by Gasteiger charge is 2.31. The van der Waals surface area contributed by atoms with Gasteiger partial charge in [0.05, 0.1) is 4.91 Å². The Morgan fingerprint density at radius 1 is 1.36 bits per heavy atom. The van der Waals surface area contributed by atoms with E-state index in [2.05, 4.69) is 0 Å². The first-order valence-corrected chi connectivity index (χ1v) is 9.05. The van der Waals surface area contributed by atoms with E-state index in [9.17, 15) is 9.59 Å². The number of hydrogen-bond acceptors (Lipinski definition) is 5. The Morgan fingerprint density at radius 3 is 2.77 bits per heavy atom. The first kappa shape index (κ1) is 17.2. The van der Waals surface area contributed by atoms with Crippen molar-refractivity contribution in [2.24, 2.45) is 0 Å². The molecule has 1 aliphatic rings. The zero-order valence-electron chi connectivity index (χ0n) is 12.2. The van der Waals surface area contributed by atoms with Gasteiger partial charge in [0.15, 0.2) is 0 Å². The fourth-order valence-corrected chi connectivity index (χ4v) is 4.27. The predicted octanol–water partition coefficient (Wildman–Crippen LogP) is 3.90. The van der Waals surface area contributed by atoms with E-state index >= 15 is 0 Å². The van der Waals surface area contributed by atoms with Crippen molar-refractivity contribution in [1.29, 1.82) is 0 Å². The number of thiophene rings is 1. The largest absolute Gasteiger partial charge is 0.481 e. The number of unbranched alkanes of at least 4 members (excludes halogenated alkanes) is 2. The van der Waals surface area contributed by atoms with Crippen LogP contribution < -0.4 is 0 Å². The van der Waals surface area contributed by atoms with E-state index < -0.39 is 5.97 Å². The van der Waals surface area contributed by atoms with Gasteiger partial charge in [-0.15, -0.1) is 11.3 Å². The summed E-state index contributed by atoms with van der Waals surface area (Å²) in [6.07, 6.45) is 4.25. The minimum atomic E-state index is -0.778. The fourth-order valence-electron chi connectivity index (χ4n) is 2.08. The first-order chi connectivity index (χ1) is 10.5. The van der Waals surface area contributed by atoms with Crippen LogP contribution in [0.1, 0.15) is 35.4 Å². The second-order valence-corrected chi connectivity index (χ2v) is 7.98. The van der Waals surface area contributed by atoms with Crippen molar-refractivity contribution in [3.05, 3.63) is 26.8 Å². The molecule has 2 heterocycles. The molecule has 1 saturated heterocycles. The lowest BCUT2D eigenvalue weighted by Gasteiger charge is -2.13. The van der Waals surface area contributed by atoms with Gasteiger partial charge in [-0.2, -0.15) is 0 Å². The monoisotopic (exact) mass is 355 g/mol. The van der Waals surface area contributed by atoms with Crippen molar-refractivity contribution in [3.8, 4) is 0 Å². The number of amides is 1. The maximum atomic E-state index is 12.4. The van der Waals surface area contributed by atoms with Crippen molar-refractivity contribution in [2.75, 3.05) is 6.54 Å². The number of carboxylic acids is 1. The number of carbonyl (C=O) groups is 2. The first-order valence-electron chi connectivity index (χ1n) is 7.01. The van der Waals surface area contributed by atoms with Crippen LogP contribution in [0.5, 0.6) is 0 Å². The summed E-state index contributed by atoms with van der Waals surface area (Å²) in [4.78, 5) is 27.4. The van der Waals surface area contributed by atoms with Crippen LogP contribution in [-0.4, -0.2) is 32.7 Å². The third kappa shape index (κ3) is 4.66. The Hall–Kier alpha value is -1.18. The molecule has 0 saturated carbocycles. The molecule has 118 valence electrons. The van der Waals surface area contributed by atoms with Crippen LogP contribution in [0, 0.1) is 6.92 Å². The molecule has 0 atom stereocenters. The van der Waals surface area contributed by atoms with E-state index in [4.69, 9.17) is 17.3 Å². The number of carboxylic acid groups (broad SMARTS) is 1. The van der Waals surface area contributed by atoms with E-state index in [0.29, 0.717) is 22.2 Å². The molecule has 4 nitrogen and oxygen atoms in total. The lowest BCUT2D eigenvalue weighted by molar-refractivity contribution is -0.137. The lowest BCUT2D eigenvalue weighted by atomic mass is 10.2. The van der Waals surface area contributed by atoms with Crippen LogP contribution in [0.3, 0.4) is 0 Å². The number of aliphatic carboxylic acids is 1. The van der Waals surface area contributed by atoms with Gasteiger partial charge in [-0.3, -0.25) is 14.5 Å². The van der Waals surface area contributed by atoms with Crippen molar-refractivity contribution in [3.63, 3.8) is 0 Å². The van der Waals surface area contributed by atoms with Gasteiger partial charge < -0.3 is 5.11 Å². The Morgan fingerprint density at radius 2 is 2.14 bits per heavy atom. The molecular formula is C15H17NO3S3. The fraction of sp³-hybridized carbons (Fsp3) is 0.400. The number of carbonyl (C=O) groups excluding carboxylic acids is 1. The SMILES string of the molecule is Cc1ccc(/C=C2\SC(=S)N(CCCCCC(=O)O)C2=O)s1. The summed E-state index contributed by atoms with van der Waals surface area (Å²) in [6.45, 7) is 2.59. The minimum absolute atomic E-state index is 0.0423. The smallest absolute Gasteiger partial charge is 0.303 e. The summed E-state index contributed by atoms with van der Waals surface area (Å²) in [5.74, 6) is -0.820. The average Bonchev–Trinajstić information content (AvgIpc) is 2.96. The maximum absolute atomic E-state index is 12.4. The molecule has 1 aromatic rings. The van der Waals surface area contributed by atoms with Crippen LogP contribution in [0.25, 0.3) is 6.08 Å². The van der Waals surface area contributed by atoms with Crippen LogP contribution in [0.2, 0.25) is 0 Å². The molecule has 1 aromatic heterocycles. The summed E-state index contributed by atoms with van der Waals surface area (Å²) >= 11 is 8.26. The molecule has 2 rings (SSSR count). The molecule has 0 unspecified atom stereocenters. The zero-order valence-corrected chi connectivity index (χ0v) is 14.7. The van der Waals surface area contributed by atoms with E-state index in [1.165, 1.54) is 16.6 Å². The van der Waals surface area contributed by atoms with Gasteiger partial charge in [-0.25, -0.2) is 0 Å². The van der Waals surface area contributed by atoms with Gasteiger partial charge in [0.2, 0.25) is 0 Å². The predicted molar refractivity (Wildman–Crippen MR) is 95.0 cm³/mol. The molecule has 22 heavy (non-hydrogen) atoms. The molecule has 7 heteroatoms. The van der Waals surface area contributed by atoms with Gasteiger partial charge in [-0.1, -0.05) is 30.4 Å². The number of aryl methyl sites for hydroxylation is 1. The van der Waals surface area contributed by atoms with E-state index in [0.717, 1.165) is 17.7 Å². The molecule has 1 amide bonds. The molecule has 0 radical (unpaired) electrons. The zero-order chi connectivity index (χ0) is 16.1. The molecule has 0 aliphatic carbocycles. The van der Waals surface area contributed by atoms with Gasteiger partial charge in [0.1, 0.15) is 4.32 Å². The number of rotatable bonds is 7. The van der Waals surface area contributed by atoms with E-state index in [1.807, 2.05) is 25.1 Å². The topological polar surface area (TPSA) is 57.6 Å². The molecule has 1 N–H and O–H groups in total. The van der Waals surface area contributed by atoms with Crippen molar-refractivity contribution in [1.82, 2.24) is 4.90 Å². The van der Waals surface area contributed by atoms with E-state index in [-0.39, 0.29) is 12.3 Å². The van der Waals surface area contributed by atoms with Crippen LogP contribution in [0.15, 0.2) is 17.0 Å². The molecule has 1 fully saturated rings. The molecule has 0 spiro atoms. The Balaban J connectivity index is 1.89. The average molecular weight is 356 g/mol. The Labute approximate surface area is 143 Å². The van der Waals surface area contributed by atoms with Crippen molar-refractivity contribution < 1.29 is 14.7 Å². The molecule has 0 bridgehead atoms. The van der Waals surface area contributed by atoms with Crippen LogP contribution in [0.4, 0.5) is 0 Å². The second-order valence-electron chi connectivity index (χ2n) is 4.99. The van der Waals surface area contributed by atoms with E-state index in [1.54, 1.807) is 16.2 Å². The van der Waals surface area contributed by atoms with Crippen LogP contribution >= 0.6 is 35.3 Å². The standard InChI is InChI=1S/C15H17NO3S3/c1-10-6-7-11(21-10)9-12-14(19)16(15(20)22-12)8-4-2-3-5-13(17)18/h6-7,9H,2-5,8H2,1H3,(H,17,18)/b12-9-. The Bertz CT molecular complexity index is 621. The van der Waals surface area contributed by atoms with Gasteiger partial charge in [0, 0.05) is 22.7 Å². The molecule has 0 aromatic carbocycles. The summed E-state index contributed by atoms with van der Waals surface area (Å²) in [7, 11) is 0. The summed E-state index contributed by atoms with van der Waals surface area (Å²) in [5.41, 5.74) is 0. The third-order valence-corrected chi connectivity index (χ3v) is 5.51. The Kier molecular flexibility index (Phi) is 6.16. The quantitative estimate of drug-likeness (QED) is 0.457. The van der Waals surface area contributed by atoms with Gasteiger partial charge in [0.25, 0.3) is 5.91 Å². The normalized spacial score (nSPS) is 16.8. The molecular weight excluding hydrogens is 338 g/mol. The maximum Gasteiger partial charge on any atom is 0.303 e. The van der Waals surface area contributed by atoms with Crippen molar-refractivity contribution >= 4 is 57.6 Å².